The molecule has 0 aromatic heterocycles. The molecule has 1 amide bonds. The summed E-state index contributed by atoms with van der Waals surface area (Å²) in [4.78, 5) is 11.8. The Kier molecular flexibility index (Phi) is 7.28. The topological polar surface area (TPSA) is 64.3 Å². The molecule has 0 saturated heterocycles. The molecule has 1 aliphatic carbocycles. The number of methoxy groups -OCH3 is 1. The van der Waals surface area contributed by atoms with E-state index in [0.29, 0.717) is 37.3 Å². The van der Waals surface area contributed by atoms with Crippen molar-refractivity contribution >= 4 is 5.91 Å². The summed E-state index contributed by atoms with van der Waals surface area (Å²) in [6, 6.07) is 0. The zero-order chi connectivity index (χ0) is 13.4. The fourth-order valence-corrected chi connectivity index (χ4v) is 2.64. The van der Waals surface area contributed by atoms with Crippen molar-refractivity contribution < 1.29 is 9.53 Å². The van der Waals surface area contributed by atoms with E-state index in [2.05, 4.69) is 12.2 Å². The molecular formula is C14H28N2O2. The van der Waals surface area contributed by atoms with Crippen molar-refractivity contribution in [2.24, 2.45) is 23.5 Å². The summed E-state index contributed by atoms with van der Waals surface area (Å²) in [6.45, 7) is 4.29. The van der Waals surface area contributed by atoms with E-state index in [-0.39, 0.29) is 5.91 Å². The maximum absolute atomic E-state index is 11.8. The van der Waals surface area contributed by atoms with Gasteiger partial charge in [0.15, 0.2) is 0 Å². The minimum absolute atomic E-state index is 0.189. The lowest BCUT2D eigenvalue weighted by Gasteiger charge is -2.27. The van der Waals surface area contributed by atoms with Crippen LogP contribution in [-0.4, -0.2) is 32.7 Å². The van der Waals surface area contributed by atoms with Crippen molar-refractivity contribution in [3.05, 3.63) is 0 Å². The summed E-state index contributed by atoms with van der Waals surface area (Å²) in [6.07, 6.45) is 5.37. The Hall–Kier alpha value is -0.610. The van der Waals surface area contributed by atoms with Gasteiger partial charge in [-0.05, 0) is 50.0 Å². The zero-order valence-corrected chi connectivity index (χ0v) is 11.8. The van der Waals surface area contributed by atoms with Crippen LogP contribution in [0.15, 0.2) is 0 Å². The number of ether oxygens (including phenoxy) is 1. The Morgan fingerprint density at radius 3 is 2.50 bits per heavy atom. The highest BCUT2D eigenvalue weighted by molar-refractivity contribution is 5.76. The summed E-state index contributed by atoms with van der Waals surface area (Å²) in [7, 11) is 1.69. The molecular weight excluding hydrogens is 228 g/mol. The first-order valence-electron chi connectivity index (χ1n) is 7.11. The lowest BCUT2D eigenvalue weighted by atomic mass is 9.80. The summed E-state index contributed by atoms with van der Waals surface area (Å²) >= 11 is 0. The van der Waals surface area contributed by atoms with Gasteiger partial charge in [-0.3, -0.25) is 4.79 Å². The average molecular weight is 256 g/mol. The lowest BCUT2D eigenvalue weighted by Crippen LogP contribution is -2.32. The normalized spacial score (nSPS) is 25.7. The minimum atomic E-state index is 0.189. The first-order chi connectivity index (χ1) is 8.65. The monoisotopic (exact) mass is 256 g/mol. The summed E-state index contributed by atoms with van der Waals surface area (Å²) in [5.41, 5.74) is 5.67. The number of rotatable bonds is 7. The molecule has 1 rings (SSSR count). The highest BCUT2D eigenvalue weighted by Crippen LogP contribution is 2.29. The van der Waals surface area contributed by atoms with Gasteiger partial charge in [0, 0.05) is 20.1 Å². The fourth-order valence-electron chi connectivity index (χ4n) is 2.64. The van der Waals surface area contributed by atoms with Crippen molar-refractivity contribution in [3.63, 3.8) is 0 Å². The molecule has 106 valence electrons. The van der Waals surface area contributed by atoms with E-state index in [9.17, 15) is 4.79 Å². The lowest BCUT2D eigenvalue weighted by molar-refractivity contribution is -0.122. The highest BCUT2D eigenvalue weighted by Gasteiger charge is 2.22. The summed E-state index contributed by atoms with van der Waals surface area (Å²) < 4.78 is 5.05. The smallest absolute Gasteiger partial charge is 0.220 e. The second kappa shape index (κ2) is 8.48. The van der Waals surface area contributed by atoms with E-state index in [0.717, 1.165) is 19.4 Å². The molecule has 0 heterocycles. The van der Waals surface area contributed by atoms with E-state index >= 15 is 0 Å². The van der Waals surface area contributed by atoms with Gasteiger partial charge in [0.1, 0.15) is 0 Å². The quantitative estimate of drug-likeness (QED) is 0.726. The summed E-state index contributed by atoms with van der Waals surface area (Å²) in [5.74, 6) is 1.82. The number of hydrogen-bond acceptors (Lipinski definition) is 3. The van der Waals surface area contributed by atoms with Crippen LogP contribution in [0.3, 0.4) is 0 Å². The Bertz CT molecular complexity index is 238. The van der Waals surface area contributed by atoms with Crippen molar-refractivity contribution in [1.29, 1.82) is 0 Å². The fraction of sp³-hybridized carbons (Fsp3) is 0.929. The van der Waals surface area contributed by atoms with Gasteiger partial charge in [0.05, 0.1) is 6.61 Å². The molecule has 3 N–H and O–H groups in total. The van der Waals surface area contributed by atoms with Crippen molar-refractivity contribution in [2.45, 2.75) is 39.0 Å². The number of carbonyl (C=O) groups excluding carboxylic acids is 1. The largest absolute Gasteiger partial charge is 0.384 e. The van der Waals surface area contributed by atoms with E-state index in [1.54, 1.807) is 7.11 Å². The van der Waals surface area contributed by atoms with Crippen LogP contribution in [0.1, 0.15) is 39.0 Å². The number of nitrogens with two attached hydrogens (primary N) is 1. The number of amides is 1. The number of carbonyl (C=O) groups is 1. The molecule has 0 radical (unpaired) electrons. The Balaban J connectivity index is 2.13. The van der Waals surface area contributed by atoms with Gasteiger partial charge < -0.3 is 15.8 Å². The van der Waals surface area contributed by atoms with Gasteiger partial charge >= 0.3 is 0 Å². The molecule has 1 atom stereocenters. The molecule has 1 fully saturated rings. The summed E-state index contributed by atoms with van der Waals surface area (Å²) in [5, 5.41) is 3.00. The Morgan fingerprint density at radius 1 is 1.33 bits per heavy atom. The van der Waals surface area contributed by atoms with Gasteiger partial charge in [0.25, 0.3) is 0 Å². The molecule has 1 saturated carbocycles. The molecule has 0 bridgehead atoms. The molecule has 4 heteroatoms. The molecule has 0 aromatic rings. The van der Waals surface area contributed by atoms with Crippen LogP contribution in [0.4, 0.5) is 0 Å². The second-order valence-corrected chi connectivity index (χ2v) is 5.69. The van der Waals surface area contributed by atoms with Gasteiger partial charge in [-0.15, -0.1) is 0 Å². The zero-order valence-electron chi connectivity index (χ0n) is 11.8. The first kappa shape index (κ1) is 15.4. The third-order valence-electron chi connectivity index (χ3n) is 3.87. The number of hydrogen-bond donors (Lipinski definition) is 2. The van der Waals surface area contributed by atoms with E-state index in [1.807, 2.05) is 0 Å². The van der Waals surface area contributed by atoms with Gasteiger partial charge in [-0.2, -0.15) is 0 Å². The third-order valence-corrected chi connectivity index (χ3v) is 3.87. The predicted molar refractivity (Wildman–Crippen MR) is 73.2 cm³/mol. The molecule has 18 heavy (non-hydrogen) atoms. The SMILES string of the molecule is COCC(C)CNC(=O)CC1CCC(CN)CC1. The molecule has 0 spiro atoms. The predicted octanol–water partition coefficient (Wildman–Crippen LogP) is 1.54. The van der Waals surface area contributed by atoms with E-state index < -0.39 is 0 Å². The van der Waals surface area contributed by atoms with Crippen LogP contribution < -0.4 is 11.1 Å². The van der Waals surface area contributed by atoms with Crippen LogP contribution >= 0.6 is 0 Å². The van der Waals surface area contributed by atoms with Gasteiger partial charge in [0.2, 0.25) is 5.91 Å². The van der Waals surface area contributed by atoms with Crippen LogP contribution in [0.5, 0.6) is 0 Å². The van der Waals surface area contributed by atoms with E-state index in [1.165, 1.54) is 12.8 Å². The van der Waals surface area contributed by atoms with Crippen LogP contribution in [-0.2, 0) is 9.53 Å². The molecule has 4 nitrogen and oxygen atoms in total. The van der Waals surface area contributed by atoms with Crippen molar-refractivity contribution in [2.75, 3.05) is 26.8 Å². The van der Waals surface area contributed by atoms with Crippen LogP contribution in [0.2, 0.25) is 0 Å². The Labute approximate surface area is 111 Å². The van der Waals surface area contributed by atoms with Crippen molar-refractivity contribution in [3.8, 4) is 0 Å². The molecule has 0 aromatic carbocycles. The highest BCUT2D eigenvalue weighted by atomic mass is 16.5. The average Bonchev–Trinajstić information content (AvgIpc) is 2.38. The molecule has 1 aliphatic rings. The molecule has 0 aliphatic heterocycles. The third kappa shape index (κ3) is 5.83. The maximum Gasteiger partial charge on any atom is 0.220 e. The van der Waals surface area contributed by atoms with E-state index in [4.69, 9.17) is 10.5 Å². The first-order valence-corrected chi connectivity index (χ1v) is 7.11. The van der Waals surface area contributed by atoms with Gasteiger partial charge in [-0.25, -0.2) is 0 Å². The standard InChI is InChI=1S/C14H28N2O2/c1-11(10-18-2)9-16-14(17)7-12-3-5-13(8-15)6-4-12/h11-13H,3-10,15H2,1-2H3,(H,16,17). The Morgan fingerprint density at radius 2 is 1.94 bits per heavy atom. The number of nitrogens with one attached hydrogen (secondary N) is 1. The van der Waals surface area contributed by atoms with Crippen LogP contribution in [0.25, 0.3) is 0 Å². The maximum atomic E-state index is 11.8. The van der Waals surface area contributed by atoms with Crippen LogP contribution in [0, 0.1) is 17.8 Å². The second-order valence-electron chi connectivity index (χ2n) is 5.69. The van der Waals surface area contributed by atoms with Gasteiger partial charge in [-0.1, -0.05) is 6.92 Å². The molecule has 1 unspecified atom stereocenters. The minimum Gasteiger partial charge on any atom is -0.384 e. The van der Waals surface area contributed by atoms with Crippen molar-refractivity contribution in [1.82, 2.24) is 5.32 Å².